The molecule has 1 atom stereocenters. The third-order valence-electron chi connectivity index (χ3n) is 3.28. The number of thiocarbonyl (C=S) groups is 1. The predicted molar refractivity (Wildman–Crippen MR) is 109 cm³/mol. The molecule has 1 heterocycles. The Morgan fingerprint density at radius 3 is 2.48 bits per heavy atom. The van der Waals surface area contributed by atoms with Crippen LogP contribution in [0.25, 0.3) is 0 Å². The van der Waals surface area contributed by atoms with Gasteiger partial charge in [0.25, 0.3) is 5.91 Å². The lowest BCUT2D eigenvalue weighted by Crippen LogP contribution is -2.56. The number of anilines is 1. The van der Waals surface area contributed by atoms with Crippen LogP contribution in [0.15, 0.2) is 41.0 Å². The molecule has 2 rings (SSSR count). The first-order chi connectivity index (χ1) is 12.7. The molecule has 27 heavy (non-hydrogen) atoms. The zero-order valence-electron chi connectivity index (χ0n) is 14.2. The summed E-state index contributed by atoms with van der Waals surface area (Å²) in [7, 11) is 3.04. The molecule has 1 unspecified atom stereocenters. The molecule has 2 aromatic rings. The maximum Gasteiger partial charge on any atom is 0.288 e. The maximum atomic E-state index is 12.2. The molecule has 0 saturated heterocycles. The highest BCUT2D eigenvalue weighted by Gasteiger charge is 2.35. The molecule has 0 saturated carbocycles. The average Bonchev–Trinajstić information content (AvgIpc) is 3.15. The molecule has 0 radical (unpaired) electrons. The first kappa shape index (κ1) is 21.4. The summed E-state index contributed by atoms with van der Waals surface area (Å²) in [5, 5.41) is 8.24. The van der Waals surface area contributed by atoms with Crippen molar-refractivity contribution in [1.29, 1.82) is 0 Å². The first-order valence-corrected chi connectivity index (χ1v) is 8.99. The zero-order chi connectivity index (χ0) is 20.0. The van der Waals surface area contributed by atoms with Gasteiger partial charge < -0.3 is 29.8 Å². The Balaban J connectivity index is 2.11. The van der Waals surface area contributed by atoms with E-state index in [1.165, 1.54) is 26.5 Å². The average molecular weight is 453 g/mol. The molecular formula is C16H16Cl3N3O4S. The standard InChI is InChI=1S/C16H16Cl3N3O4S/c1-24-9-5-6-11(25-2)10(8-9)20-15(27)22-14(16(17,18)19)21-13(23)12-4-3-7-26-12/h3-8,14H,1-2H3,(H,21,23)(H2,20,22,27). The highest BCUT2D eigenvalue weighted by molar-refractivity contribution is 7.80. The summed E-state index contributed by atoms with van der Waals surface area (Å²) in [5.41, 5.74) is 0.523. The van der Waals surface area contributed by atoms with Gasteiger partial charge in [-0.15, -0.1) is 0 Å². The number of carbonyl (C=O) groups is 1. The Morgan fingerprint density at radius 1 is 1.19 bits per heavy atom. The van der Waals surface area contributed by atoms with Gasteiger partial charge in [0.05, 0.1) is 26.2 Å². The number of rotatable bonds is 6. The van der Waals surface area contributed by atoms with E-state index in [0.29, 0.717) is 17.2 Å². The van der Waals surface area contributed by atoms with E-state index in [4.69, 9.17) is 60.9 Å². The minimum atomic E-state index is -1.90. The molecule has 0 aliphatic carbocycles. The van der Waals surface area contributed by atoms with Crippen molar-refractivity contribution < 1.29 is 18.7 Å². The summed E-state index contributed by atoms with van der Waals surface area (Å²) in [6.07, 6.45) is 0.213. The number of methoxy groups -OCH3 is 2. The molecule has 1 amide bonds. The molecule has 0 fully saturated rings. The molecule has 0 aliphatic heterocycles. The van der Waals surface area contributed by atoms with Crippen molar-refractivity contribution in [3.05, 3.63) is 42.4 Å². The number of nitrogens with one attached hydrogen (secondary N) is 3. The molecule has 7 nitrogen and oxygen atoms in total. The Hall–Kier alpha value is -1.87. The second-order valence-electron chi connectivity index (χ2n) is 5.09. The third-order valence-corrected chi connectivity index (χ3v) is 4.15. The van der Waals surface area contributed by atoms with E-state index in [1.807, 2.05) is 0 Å². The fourth-order valence-corrected chi connectivity index (χ4v) is 2.57. The SMILES string of the molecule is COc1ccc(OC)c(NC(=S)NC(NC(=O)c2ccco2)C(Cl)(Cl)Cl)c1. The number of amides is 1. The third kappa shape index (κ3) is 6.07. The number of hydrogen-bond acceptors (Lipinski definition) is 5. The van der Waals surface area contributed by atoms with Gasteiger partial charge in [-0.05, 0) is 36.5 Å². The van der Waals surface area contributed by atoms with Crippen molar-refractivity contribution in [2.45, 2.75) is 9.96 Å². The predicted octanol–water partition coefficient (Wildman–Crippen LogP) is 3.71. The van der Waals surface area contributed by atoms with Crippen molar-refractivity contribution in [3.63, 3.8) is 0 Å². The molecule has 0 bridgehead atoms. The highest BCUT2D eigenvalue weighted by Crippen LogP contribution is 2.31. The molecule has 1 aromatic heterocycles. The van der Waals surface area contributed by atoms with E-state index in [-0.39, 0.29) is 10.9 Å². The largest absolute Gasteiger partial charge is 0.497 e. The molecular weight excluding hydrogens is 437 g/mol. The summed E-state index contributed by atoms with van der Waals surface area (Å²) in [4.78, 5) is 12.2. The second kappa shape index (κ2) is 9.36. The van der Waals surface area contributed by atoms with Crippen LogP contribution in [0.2, 0.25) is 0 Å². The number of ether oxygens (including phenoxy) is 2. The number of carbonyl (C=O) groups excluding carboxylic acids is 1. The minimum absolute atomic E-state index is 0.0596. The Kier molecular flexibility index (Phi) is 7.43. The lowest BCUT2D eigenvalue weighted by Gasteiger charge is -2.27. The van der Waals surface area contributed by atoms with E-state index in [0.717, 1.165) is 0 Å². The van der Waals surface area contributed by atoms with Crippen LogP contribution in [0.5, 0.6) is 11.5 Å². The van der Waals surface area contributed by atoms with E-state index >= 15 is 0 Å². The number of furan rings is 1. The lowest BCUT2D eigenvalue weighted by atomic mass is 10.2. The minimum Gasteiger partial charge on any atom is -0.497 e. The monoisotopic (exact) mass is 451 g/mol. The van der Waals surface area contributed by atoms with Gasteiger partial charge in [-0.1, -0.05) is 34.8 Å². The zero-order valence-corrected chi connectivity index (χ0v) is 17.3. The van der Waals surface area contributed by atoms with E-state index in [9.17, 15) is 4.79 Å². The van der Waals surface area contributed by atoms with Gasteiger partial charge >= 0.3 is 0 Å². The van der Waals surface area contributed by atoms with Gasteiger partial charge in [0.2, 0.25) is 3.79 Å². The highest BCUT2D eigenvalue weighted by atomic mass is 35.6. The van der Waals surface area contributed by atoms with Crippen molar-refractivity contribution in [1.82, 2.24) is 10.6 Å². The number of alkyl halides is 3. The molecule has 11 heteroatoms. The summed E-state index contributed by atoms with van der Waals surface area (Å²) in [6, 6.07) is 8.15. The van der Waals surface area contributed by atoms with E-state index < -0.39 is 15.9 Å². The van der Waals surface area contributed by atoms with Crippen LogP contribution in [0, 0.1) is 0 Å². The Morgan fingerprint density at radius 2 is 1.93 bits per heavy atom. The van der Waals surface area contributed by atoms with Crippen LogP contribution in [-0.4, -0.2) is 35.2 Å². The van der Waals surface area contributed by atoms with Gasteiger partial charge in [-0.25, -0.2) is 0 Å². The Bertz CT molecular complexity index is 797. The summed E-state index contributed by atoms with van der Waals surface area (Å²) in [5.74, 6) is 0.588. The first-order valence-electron chi connectivity index (χ1n) is 7.45. The van der Waals surface area contributed by atoms with Crippen LogP contribution in [0.1, 0.15) is 10.6 Å². The summed E-state index contributed by atoms with van der Waals surface area (Å²) in [6.45, 7) is 0. The van der Waals surface area contributed by atoms with Gasteiger partial charge in [0, 0.05) is 6.07 Å². The molecule has 146 valence electrons. The lowest BCUT2D eigenvalue weighted by molar-refractivity contribution is 0.0906. The van der Waals surface area contributed by atoms with Crippen LogP contribution in [0.4, 0.5) is 5.69 Å². The fourth-order valence-electron chi connectivity index (χ4n) is 2.01. The van der Waals surface area contributed by atoms with Crippen molar-refractivity contribution >= 4 is 63.7 Å². The normalized spacial score (nSPS) is 12.0. The molecule has 0 aliphatic rings. The van der Waals surface area contributed by atoms with E-state index in [2.05, 4.69) is 16.0 Å². The Labute approximate surface area is 176 Å². The second-order valence-corrected chi connectivity index (χ2v) is 7.87. The molecule has 3 N–H and O–H groups in total. The maximum absolute atomic E-state index is 12.2. The number of hydrogen-bond donors (Lipinski definition) is 3. The van der Waals surface area contributed by atoms with Gasteiger partial charge in [-0.3, -0.25) is 4.79 Å². The van der Waals surface area contributed by atoms with Crippen LogP contribution >= 0.6 is 47.0 Å². The van der Waals surface area contributed by atoms with Gasteiger partial charge in [0.15, 0.2) is 10.9 Å². The van der Waals surface area contributed by atoms with Crippen molar-refractivity contribution in [2.75, 3.05) is 19.5 Å². The van der Waals surface area contributed by atoms with Crippen LogP contribution in [0.3, 0.4) is 0 Å². The van der Waals surface area contributed by atoms with Crippen LogP contribution < -0.4 is 25.4 Å². The summed E-state index contributed by atoms with van der Waals surface area (Å²) < 4.78 is 13.6. The quantitative estimate of drug-likeness (QED) is 0.350. The molecule has 1 aromatic carbocycles. The number of halogens is 3. The van der Waals surface area contributed by atoms with Gasteiger partial charge in [0.1, 0.15) is 17.7 Å². The molecule has 0 spiro atoms. The fraction of sp³-hybridized carbons (Fsp3) is 0.250. The van der Waals surface area contributed by atoms with Crippen molar-refractivity contribution in [2.24, 2.45) is 0 Å². The number of benzene rings is 1. The van der Waals surface area contributed by atoms with E-state index in [1.54, 1.807) is 24.3 Å². The van der Waals surface area contributed by atoms with Crippen molar-refractivity contribution in [3.8, 4) is 11.5 Å². The topological polar surface area (TPSA) is 84.8 Å². The van der Waals surface area contributed by atoms with Crippen LogP contribution in [-0.2, 0) is 0 Å². The smallest absolute Gasteiger partial charge is 0.288 e. The van der Waals surface area contributed by atoms with Gasteiger partial charge in [-0.2, -0.15) is 0 Å². The summed E-state index contributed by atoms with van der Waals surface area (Å²) >= 11 is 23.1.